The standard InChI is InChI=1S/C15H20FNO2/c16-13-2-1-3-14(10-13)17-15(19)12-6-4-11(5-7-12)8-9-18/h1-3,10-12,18H,4-9H2,(H,17,19). The fourth-order valence-electron chi connectivity index (χ4n) is 2.71. The summed E-state index contributed by atoms with van der Waals surface area (Å²) in [5.41, 5.74) is 0.516. The molecule has 4 heteroatoms. The molecule has 1 fully saturated rings. The van der Waals surface area contributed by atoms with Crippen LogP contribution in [-0.4, -0.2) is 17.6 Å². The summed E-state index contributed by atoms with van der Waals surface area (Å²) in [5.74, 6) is 0.193. The Bertz CT molecular complexity index is 428. The number of hydrogen-bond donors (Lipinski definition) is 2. The van der Waals surface area contributed by atoms with E-state index in [0.717, 1.165) is 32.1 Å². The molecular weight excluding hydrogens is 245 g/mol. The van der Waals surface area contributed by atoms with Gasteiger partial charge in [0.15, 0.2) is 0 Å². The van der Waals surface area contributed by atoms with Crippen molar-refractivity contribution in [1.29, 1.82) is 0 Å². The van der Waals surface area contributed by atoms with Crippen molar-refractivity contribution in [3.8, 4) is 0 Å². The van der Waals surface area contributed by atoms with E-state index in [0.29, 0.717) is 11.6 Å². The van der Waals surface area contributed by atoms with Crippen LogP contribution in [0.2, 0.25) is 0 Å². The number of carbonyl (C=O) groups is 1. The highest BCUT2D eigenvalue weighted by Crippen LogP contribution is 2.31. The first-order valence-corrected chi connectivity index (χ1v) is 6.86. The maximum Gasteiger partial charge on any atom is 0.227 e. The van der Waals surface area contributed by atoms with E-state index in [9.17, 15) is 9.18 Å². The fourth-order valence-corrected chi connectivity index (χ4v) is 2.71. The summed E-state index contributed by atoms with van der Waals surface area (Å²) < 4.78 is 13.0. The molecule has 1 aliphatic rings. The van der Waals surface area contributed by atoms with E-state index in [1.54, 1.807) is 12.1 Å². The monoisotopic (exact) mass is 265 g/mol. The van der Waals surface area contributed by atoms with Crippen LogP contribution in [0.15, 0.2) is 24.3 Å². The molecule has 19 heavy (non-hydrogen) atoms. The lowest BCUT2D eigenvalue weighted by atomic mass is 9.80. The van der Waals surface area contributed by atoms with E-state index >= 15 is 0 Å². The average Bonchev–Trinajstić information content (AvgIpc) is 2.40. The third-order valence-electron chi connectivity index (χ3n) is 3.85. The first-order chi connectivity index (χ1) is 9.19. The van der Waals surface area contributed by atoms with Crippen LogP contribution in [-0.2, 0) is 4.79 Å². The molecule has 0 spiro atoms. The van der Waals surface area contributed by atoms with Gasteiger partial charge in [0.1, 0.15) is 5.82 Å². The zero-order valence-corrected chi connectivity index (χ0v) is 10.9. The van der Waals surface area contributed by atoms with Crippen LogP contribution in [0.3, 0.4) is 0 Å². The number of aliphatic hydroxyl groups is 1. The SMILES string of the molecule is O=C(Nc1cccc(F)c1)C1CCC(CCO)CC1. The van der Waals surface area contributed by atoms with Crippen molar-refractivity contribution in [3.63, 3.8) is 0 Å². The summed E-state index contributed by atoms with van der Waals surface area (Å²) in [6.45, 7) is 0.227. The molecular formula is C15H20FNO2. The van der Waals surface area contributed by atoms with E-state index in [4.69, 9.17) is 5.11 Å². The van der Waals surface area contributed by atoms with Crippen molar-refractivity contribution in [2.75, 3.05) is 11.9 Å². The second kappa shape index (κ2) is 6.66. The Labute approximate surface area is 112 Å². The van der Waals surface area contributed by atoms with Crippen LogP contribution in [0.4, 0.5) is 10.1 Å². The van der Waals surface area contributed by atoms with Gasteiger partial charge >= 0.3 is 0 Å². The van der Waals surface area contributed by atoms with Crippen LogP contribution in [0.5, 0.6) is 0 Å². The Morgan fingerprint density at radius 2 is 2.05 bits per heavy atom. The number of rotatable bonds is 4. The van der Waals surface area contributed by atoms with E-state index in [1.165, 1.54) is 12.1 Å². The number of halogens is 1. The van der Waals surface area contributed by atoms with Crippen LogP contribution >= 0.6 is 0 Å². The molecule has 0 aliphatic heterocycles. The Hall–Kier alpha value is -1.42. The Morgan fingerprint density at radius 1 is 1.32 bits per heavy atom. The lowest BCUT2D eigenvalue weighted by molar-refractivity contribution is -0.121. The van der Waals surface area contributed by atoms with Gasteiger partial charge in [-0.15, -0.1) is 0 Å². The van der Waals surface area contributed by atoms with Crippen LogP contribution < -0.4 is 5.32 Å². The smallest absolute Gasteiger partial charge is 0.227 e. The predicted molar refractivity (Wildman–Crippen MR) is 72.2 cm³/mol. The molecule has 1 saturated carbocycles. The number of anilines is 1. The van der Waals surface area contributed by atoms with Crippen molar-refractivity contribution in [1.82, 2.24) is 0 Å². The van der Waals surface area contributed by atoms with Gasteiger partial charge in [-0.1, -0.05) is 6.07 Å². The molecule has 1 aromatic rings. The number of nitrogens with one attached hydrogen (secondary N) is 1. The molecule has 2 rings (SSSR count). The summed E-state index contributed by atoms with van der Waals surface area (Å²) >= 11 is 0. The highest BCUT2D eigenvalue weighted by atomic mass is 19.1. The molecule has 0 bridgehead atoms. The number of aliphatic hydroxyl groups excluding tert-OH is 1. The molecule has 0 atom stereocenters. The zero-order valence-electron chi connectivity index (χ0n) is 10.9. The number of carbonyl (C=O) groups excluding carboxylic acids is 1. The van der Waals surface area contributed by atoms with Gasteiger partial charge < -0.3 is 10.4 Å². The topological polar surface area (TPSA) is 49.3 Å². The van der Waals surface area contributed by atoms with Crippen LogP contribution in [0.1, 0.15) is 32.1 Å². The van der Waals surface area contributed by atoms with E-state index in [2.05, 4.69) is 5.32 Å². The number of amides is 1. The quantitative estimate of drug-likeness (QED) is 0.879. The second-order valence-corrected chi connectivity index (χ2v) is 5.23. The molecule has 0 unspecified atom stereocenters. The minimum absolute atomic E-state index is 0.0122. The second-order valence-electron chi connectivity index (χ2n) is 5.23. The summed E-state index contributed by atoms with van der Waals surface area (Å²) in [6.07, 6.45) is 4.51. The van der Waals surface area contributed by atoms with Crippen LogP contribution in [0.25, 0.3) is 0 Å². The summed E-state index contributed by atoms with van der Waals surface area (Å²) in [7, 11) is 0. The van der Waals surface area contributed by atoms with Crippen LogP contribution in [0, 0.1) is 17.7 Å². The van der Waals surface area contributed by atoms with Gasteiger partial charge in [0, 0.05) is 18.2 Å². The maximum atomic E-state index is 13.0. The van der Waals surface area contributed by atoms with Gasteiger partial charge in [-0.3, -0.25) is 4.79 Å². The molecule has 0 heterocycles. The normalized spacial score (nSPS) is 23.1. The third-order valence-corrected chi connectivity index (χ3v) is 3.85. The van der Waals surface area contributed by atoms with Gasteiger partial charge in [0.2, 0.25) is 5.91 Å². The summed E-state index contributed by atoms with van der Waals surface area (Å²) in [5, 5.41) is 11.7. The van der Waals surface area contributed by atoms with E-state index in [-0.39, 0.29) is 24.2 Å². The minimum Gasteiger partial charge on any atom is -0.396 e. The Balaban J connectivity index is 1.84. The highest BCUT2D eigenvalue weighted by molar-refractivity contribution is 5.92. The molecule has 104 valence electrons. The van der Waals surface area contributed by atoms with Gasteiger partial charge in [-0.2, -0.15) is 0 Å². The number of hydrogen-bond acceptors (Lipinski definition) is 2. The molecule has 1 amide bonds. The molecule has 3 nitrogen and oxygen atoms in total. The van der Waals surface area contributed by atoms with Crippen molar-refractivity contribution >= 4 is 11.6 Å². The Kier molecular flexibility index (Phi) is 4.91. The molecule has 0 aromatic heterocycles. The third kappa shape index (κ3) is 4.03. The Morgan fingerprint density at radius 3 is 2.68 bits per heavy atom. The van der Waals surface area contributed by atoms with Gasteiger partial charge in [0.05, 0.1) is 0 Å². The van der Waals surface area contributed by atoms with Gasteiger partial charge in [-0.05, 0) is 56.2 Å². The molecule has 1 aliphatic carbocycles. The summed E-state index contributed by atoms with van der Waals surface area (Å²) in [6, 6.07) is 5.96. The summed E-state index contributed by atoms with van der Waals surface area (Å²) in [4.78, 5) is 12.1. The maximum absolute atomic E-state index is 13.0. The first-order valence-electron chi connectivity index (χ1n) is 6.86. The van der Waals surface area contributed by atoms with Gasteiger partial charge in [-0.25, -0.2) is 4.39 Å². The fraction of sp³-hybridized carbons (Fsp3) is 0.533. The van der Waals surface area contributed by atoms with E-state index < -0.39 is 0 Å². The molecule has 0 radical (unpaired) electrons. The first kappa shape index (κ1) is 14.0. The largest absolute Gasteiger partial charge is 0.396 e. The van der Waals surface area contributed by atoms with Gasteiger partial charge in [0.25, 0.3) is 0 Å². The predicted octanol–water partition coefficient (Wildman–Crippen LogP) is 2.95. The lowest BCUT2D eigenvalue weighted by Crippen LogP contribution is -2.27. The zero-order chi connectivity index (χ0) is 13.7. The van der Waals surface area contributed by atoms with Crippen molar-refractivity contribution in [2.45, 2.75) is 32.1 Å². The average molecular weight is 265 g/mol. The van der Waals surface area contributed by atoms with Crippen molar-refractivity contribution in [3.05, 3.63) is 30.1 Å². The highest BCUT2D eigenvalue weighted by Gasteiger charge is 2.25. The minimum atomic E-state index is -0.343. The van der Waals surface area contributed by atoms with Crippen molar-refractivity contribution < 1.29 is 14.3 Å². The van der Waals surface area contributed by atoms with E-state index in [1.807, 2.05) is 0 Å². The lowest BCUT2D eigenvalue weighted by Gasteiger charge is -2.27. The number of benzene rings is 1. The molecule has 1 aromatic carbocycles. The molecule has 0 saturated heterocycles. The van der Waals surface area contributed by atoms with Crippen molar-refractivity contribution in [2.24, 2.45) is 11.8 Å². The molecule has 2 N–H and O–H groups in total.